The Morgan fingerprint density at radius 1 is 0.968 bits per heavy atom. The molecule has 10 heteroatoms. The molecule has 0 unspecified atom stereocenters. The molecule has 0 saturated carbocycles. The molecule has 1 atom stereocenters. The normalized spacial score (nSPS) is 14.5. The molecule has 0 saturated heterocycles. The molecule has 164 valence electrons. The first kappa shape index (κ1) is 22.4. The van der Waals surface area contributed by atoms with Gasteiger partial charge in [-0.3, -0.25) is 14.5 Å². The molecule has 0 bridgehead atoms. The summed E-state index contributed by atoms with van der Waals surface area (Å²) in [6.07, 6.45) is 0. The number of sulfonamides is 1. The summed E-state index contributed by atoms with van der Waals surface area (Å²) >= 11 is 0. The molecule has 3 rings (SSSR count). The Morgan fingerprint density at radius 3 is 2.00 bits per heavy atom. The third-order valence-corrected chi connectivity index (χ3v) is 5.65. The number of esters is 1. The van der Waals surface area contributed by atoms with Crippen LogP contribution in [0.4, 0.5) is 0 Å². The van der Waals surface area contributed by atoms with Crippen molar-refractivity contribution in [3.8, 4) is 5.75 Å². The second-order valence-corrected chi connectivity index (χ2v) is 8.81. The minimum Gasteiger partial charge on any atom is -0.490 e. The number of rotatable bonds is 8. The minimum absolute atomic E-state index is 0.00655. The van der Waals surface area contributed by atoms with E-state index >= 15 is 0 Å². The van der Waals surface area contributed by atoms with Crippen molar-refractivity contribution < 1.29 is 32.3 Å². The summed E-state index contributed by atoms with van der Waals surface area (Å²) in [5.74, 6) is -1.76. The maximum atomic E-state index is 12.7. The summed E-state index contributed by atoms with van der Waals surface area (Å²) in [6, 6.07) is 10.8. The molecule has 0 spiro atoms. The minimum atomic E-state index is -3.80. The van der Waals surface area contributed by atoms with Crippen LogP contribution in [-0.2, 0) is 19.6 Å². The Hall–Kier alpha value is -3.24. The van der Waals surface area contributed by atoms with Gasteiger partial charge in [-0.05, 0) is 42.3 Å². The summed E-state index contributed by atoms with van der Waals surface area (Å²) in [5, 5.41) is 5.04. The zero-order chi connectivity index (χ0) is 22.8. The molecule has 1 aliphatic rings. The number of benzene rings is 2. The highest BCUT2D eigenvalue weighted by Gasteiger charge is 2.44. The van der Waals surface area contributed by atoms with Crippen LogP contribution in [-0.4, -0.2) is 50.4 Å². The van der Waals surface area contributed by atoms with E-state index in [4.69, 9.17) is 14.6 Å². The number of amides is 2. The van der Waals surface area contributed by atoms with Gasteiger partial charge in [-0.2, -0.15) is 0 Å². The molecular weight excluding hydrogens is 424 g/mol. The fraction of sp³-hybridized carbons (Fsp3) is 0.286. The number of nitrogens with two attached hydrogens (primary N) is 1. The molecule has 0 aliphatic carbocycles. The summed E-state index contributed by atoms with van der Waals surface area (Å²) in [6.45, 7) is 3.31. The predicted octanol–water partition coefficient (Wildman–Crippen LogP) is 1.58. The van der Waals surface area contributed by atoms with Crippen molar-refractivity contribution in [2.45, 2.75) is 24.8 Å². The van der Waals surface area contributed by atoms with E-state index in [9.17, 15) is 22.8 Å². The second-order valence-electron chi connectivity index (χ2n) is 7.25. The Kier molecular flexibility index (Phi) is 6.42. The average Bonchev–Trinajstić information content (AvgIpc) is 2.96. The summed E-state index contributed by atoms with van der Waals surface area (Å²) in [4.78, 5) is 39.0. The van der Waals surface area contributed by atoms with Gasteiger partial charge in [0.15, 0.2) is 0 Å². The molecule has 0 aromatic heterocycles. The highest BCUT2D eigenvalue weighted by atomic mass is 32.2. The first-order valence-electron chi connectivity index (χ1n) is 9.50. The first-order chi connectivity index (χ1) is 14.6. The van der Waals surface area contributed by atoms with E-state index in [2.05, 4.69) is 0 Å². The average molecular weight is 446 g/mol. The van der Waals surface area contributed by atoms with Gasteiger partial charge in [0.2, 0.25) is 10.0 Å². The van der Waals surface area contributed by atoms with E-state index in [0.717, 1.165) is 4.90 Å². The lowest BCUT2D eigenvalue weighted by molar-refractivity contribution is -0.150. The van der Waals surface area contributed by atoms with Gasteiger partial charge in [0.05, 0.1) is 16.0 Å². The largest absolute Gasteiger partial charge is 0.490 e. The molecule has 1 heterocycles. The zero-order valence-corrected chi connectivity index (χ0v) is 17.8. The van der Waals surface area contributed by atoms with Crippen LogP contribution in [0.1, 0.15) is 34.6 Å². The van der Waals surface area contributed by atoms with Gasteiger partial charge in [0, 0.05) is 0 Å². The van der Waals surface area contributed by atoms with E-state index in [1.807, 2.05) is 0 Å². The van der Waals surface area contributed by atoms with Gasteiger partial charge in [0.1, 0.15) is 25.0 Å². The van der Waals surface area contributed by atoms with Crippen LogP contribution in [0.2, 0.25) is 0 Å². The number of hydrogen-bond acceptors (Lipinski definition) is 7. The van der Waals surface area contributed by atoms with E-state index in [1.165, 1.54) is 24.3 Å². The lowest BCUT2D eigenvalue weighted by atomic mass is 10.0. The molecule has 0 fully saturated rings. The smallest absolute Gasteiger partial charge is 0.329 e. The van der Waals surface area contributed by atoms with Crippen LogP contribution in [0.25, 0.3) is 0 Å². The topological polar surface area (TPSA) is 133 Å². The SMILES string of the molecule is CC(C)[C@H](C(=O)OCCOc1ccc(S(N)(=O)=O)cc1)N1C(=O)c2ccccc2C1=O. The van der Waals surface area contributed by atoms with Crippen molar-refractivity contribution in [2.24, 2.45) is 11.1 Å². The highest BCUT2D eigenvalue weighted by Crippen LogP contribution is 2.27. The highest BCUT2D eigenvalue weighted by molar-refractivity contribution is 7.89. The standard InChI is InChI=1S/C21H22N2O7S/c1-13(2)18(23-19(24)16-5-3-4-6-17(16)20(23)25)21(26)30-12-11-29-14-7-9-15(10-8-14)31(22,27)28/h3-10,13,18H,11-12H2,1-2H3,(H2,22,27,28)/t18-/m1/s1. The predicted molar refractivity (Wildman–Crippen MR) is 110 cm³/mol. The van der Waals surface area contributed by atoms with E-state index in [0.29, 0.717) is 5.75 Å². The quantitative estimate of drug-likeness (QED) is 0.370. The van der Waals surface area contributed by atoms with Crippen molar-refractivity contribution in [3.63, 3.8) is 0 Å². The second kappa shape index (κ2) is 8.86. The monoisotopic (exact) mass is 446 g/mol. The third kappa shape index (κ3) is 4.75. The van der Waals surface area contributed by atoms with Crippen LogP contribution < -0.4 is 9.88 Å². The lowest BCUT2D eigenvalue weighted by Crippen LogP contribution is -2.48. The molecular formula is C21H22N2O7S. The number of nitrogens with zero attached hydrogens (tertiary/aromatic N) is 1. The van der Waals surface area contributed by atoms with Gasteiger partial charge < -0.3 is 9.47 Å². The third-order valence-electron chi connectivity index (χ3n) is 4.73. The van der Waals surface area contributed by atoms with Crippen molar-refractivity contribution in [3.05, 3.63) is 59.7 Å². The molecule has 2 amide bonds. The van der Waals surface area contributed by atoms with Gasteiger partial charge in [0.25, 0.3) is 11.8 Å². The molecule has 2 aromatic rings. The molecule has 2 N–H and O–H groups in total. The maximum absolute atomic E-state index is 12.7. The fourth-order valence-electron chi connectivity index (χ4n) is 3.25. The number of carbonyl (C=O) groups excluding carboxylic acids is 3. The zero-order valence-electron chi connectivity index (χ0n) is 17.0. The number of fused-ring (bicyclic) bond motifs is 1. The van der Waals surface area contributed by atoms with E-state index in [1.54, 1.807) is 38.1 Å². The Balaban J connectivity index is 1.60. The van der Waals surface area contributed by atoms with Gasteiger partial charge in [-0.25, -0.2) is 18.4 Å². The van der Waals surface area contributed by atoms with Crippen LogP contribution in [0, 0.1) is 5.92 Å². The van der Waals surface area contributed by atoms with Crippen molar-refractivity contribution in [1.29, 1.82) is 0 Å². The molecule has 2 aromatic carbocycles. The van der Waals surface area contributed by atoms with Gasteiger partial charge in [-0.1, -0.05) is 26.0 Å². The first-order valence-corrected chi connectivity index (χ1v) is 11.0. The Bertz CT molecular complexity index is 1080. The van der Waals surface area contributed by atoms with Crippen LogP contribution in [0.15, 0.2) is 53.4 Å². The molecule has 31 heavy (non-hydrogen) atoms. The van der Waals surface area contributed by atoms with E-state index in [-0.39, 0.29) is 35.2 Å². The summed E-state index contributed by atoms with van der Waals surface area (Å²) in [7, 11) is -3.80. The number of imide groups is 1. The van der Waals surface area contributed by atoms with Crippen molar-refractivity contribution >= 4 is 27.8 Å². The fourth-order valence-corrected chi connectivity index (χ4v) is 3.76. The molecule has 9 nitrogen and oxygen atoms in total. The maximum Gasteiger partial charge on any atom is 0.329 e. The van der Waals surface area contributed by atoms with Gasteiger partial charge in [-0.15, -0.1) is 0 Å². The number of carbonyl (C=O) groups is 3. The van der Waals surface area contributed by atoms with Crippen LogP contribution in [0.5, 0.6) is 5.75 Å². The van der Waals surface area contributed by atoms with E-state index < -0.39 is 33.8 Å². The Morgan fingerprint density at radius 2 is 1.52 bits per heavy atom. The molecule has 0 radical (unpaired) electrons. The Labute approximate surface area is 179 Å². The number of primary sulfonamides is 1. The number of ether oxygens (including phenoxy) is 2. The van der Waals surface area contributed by atoms with Gasteiger partial charge >= 0.3 is 5.97 Å². The summed E-state index contributed by atoms with van der Waals surface area (Å²) < 4.78 is 33.2. The summed E-state index contributed by atoms with van der Waals surface area (Å²) in [5.41, 5.74) is 0.523. The van der Waals surface area contributed by atoms with Crippen molar-refractivity contribution in [1.82, 2.24) is 4.90 Å². The lowest BCUT2D eigenvalue weighted by Gasteiger charge is -2.27. The molecule has 1 aliphatic heterocycles. The van der Waals surface area contributed by atoms with Crippen LogP contribution in [0.3, 0.4) is 0 Å². The van der Waals surface area contributed by atoms with Crippen molar-refractivity contribution in [2.75, 3.05) is 13.2 Å². The van der Waals surface area contributed by atoms with Crippen LogP contribution >= 0.6 is 0 Å². The number of hydrogen-bond donors (Lipinski definition) is 1.